The number of rotatable bonds is 0. The molecule has 2 rings (SSSR count). The first kappa shape index (κ1) is 8.31. The Morgan fingerprint density at radius 2 is 2.55 bits per heavy atom. The van der Waals surface area contributed by atoms with E-state index in [9.17, 15) is 5.11 Å². The Labute approximate surface area is 86.7 Å². The van der Waals surface area contributed by atoms with Crippen LogP contribution in [-0.2, 0) is 0 Å². The second-order valence-corrected chi connectivity index (χ2v) is 6.37. The zero-order valence-electron chi connectivity index (χ0n) is 5.50. The molecule has 0 spiro atoms. The molecule has 0 saturated carbocycles. The maximum absolute atomic E-state index is 9.50. The van der Waals surface area contributed by atoms with Crippen LogP contribution in [0.5, 0.6) is 0 Å². The first-order chi connectivity index (χ1) is 5.27. The van der Waals surface area contributed by atoms with Gasteiger partial charge in [-0.15, -0.1) is 11.3 Å². The number of thiophene rings is 1. The molecule has 1 aliphatic heterocycles. The minimum absolute atomic E-state index is 0.314. The molecule has 1 aromatic rings. The Morgan fingerprint density at radius 1 is 1.73 bits per heavy atom. The summed E-state index contributed by atoms with van der Waals surface area (Å²) in [5.74, 6) is 0. The van der Waals surface area contributed by atoms with Crippen molar-refractivity contribution in [3.05, 3.63) is 14.5 Å². The van der Waals surface area contributed by atoms with Crippen molar-refractivity contribution in [2.75, 3.05) is 6.54 Å². The minimum Gasteiger partial charge on any atom is -0.387 e. The van der Waals surface area contributed by atoms with Gasteiger partial charge >= 0.3 is 0 Å². The fourth-order valence-corrected chi connectivity index (χ4v) is 4.38. The van der Waals surface area contributed by atoms with E-state index < -0.39 is 0 Å². The highest BCUT2D eigenvalue weighted by atomic mass is 127. The van der Waals surface area contributed by atoms with Crippen LogP contribution >= 0.6 is 45.9 Å². The van der Waals surface area contributed by atoms with Crippen LogP contribution in [0.2, 0.25) is 0 Å². The second kappa shape index (κ2) is 3.21. The Bertz CT molecular complexity index is 276. The lowest BCUT2D eigenvalue weighted by molar-refractivity contribution is 0.178. The Morgan fingerprint density at radius 3 is 3.27 bits per heavy atom. The molecular weight excluding hydrogens is 293 g/mol. The van der Waals surface area contributed by atoms with E-state index in [4.69, 9.17) is 0 Å². The van der Waals surface area contributed by atoms with Crippen molar-refractivity contribution in [2.24, 2.45) is 0 Å². The highest BCUT2D eigenvalue weighted by Crippen LogP contribution is 2.37. The van der Waals surface area contributed by atoms with Crippen LogP contribution in [0.15, 0.2) is 10.3 Å². The molecule has 1 unspecified atom stereocenters. The summed E-state index contributed by atoms with van der Waals surface area (Å²) in [7, 11) is 0. The molecule has 0 aliphatic carbocycles. The maximum Gasteiger partial charge on any atom is 0.0943 e. The van der Waals surface area contributed by atoms with Gasteiger partial charge < -0.3 is 5.11 Å². The SMILES string of the molecule is OC1CNSc2sc(I)cc21. The summed E-state index contributed by atoms with van der Waals surface area (Å²) in [4.78, 5) is 0. The van der Waals surface area contributed by atoms with Crippen molar-refractivity contribution in [1.82, 2.24) is 4.72 Å². The predicted molar refractivity (Wildman–Crippen MR) is 55.9 cm³/mol. The lowest BCUT2D eigenvalue weighted by Gasteiger charge is -2.16. The topological polar surface area (TPSA) is 32.3 Å². The van der Waals surface area contributed by atoms with Gasteiger partial charge in [-0.3, -0.25) is 4.72 Å². The van der Waals surface area contributed by atoms with Gasteiger partial charge in [-0.2, -0.15) is 0 Å². The number of β-amino-alcohol motifs (C(OH)–C–C–N with tert-alkyl or cyclic N) is 1. The molecule has 2 heterocycles. The van der Waals surface area contributed by atoms with Crippen LogP contribution in [0.3, 0.4) is 0 Å². The Hall–Kier alpha value is 0.700. The number of nitrogens with one attached hydrogen (secondary N) is 1. The number of halogens is 1. The first-order valence-corrected chi connectivity index (χ1v) is 5.85. The highest BCUT2D eigenvalue weighted by Gasteiger charge is 2.20. The largest absolute Gasteiger partial charge is 0.387 e. The van der Waals surface area contributed by atoms with Crippen molar-refractivity contribution < 1.29 is 5.11 Å². The van der Waals surface area contributed by atoms with Crippen molar-refractivity contribution in [3.8, 4) is 0 Å². The van der Waals surface area contributed by atoms with Crippen LogP contribution in [0, 0.1) is 2.88 Å². The molecule has 1 aliphatic rings. The van der Waals surface area contributed by atoms with Gasteiger partial charge in [0.1, 0.15) is 0 Å². The number of aliphatic hydroxyl groups is 1. The van der Waals surface area contributed by atoms with E-state index in [1.54, 1.807) is 23.3 Å². The normalized spacial score (nSPS) is 23.3. The van der Waals surface area contributed by atoms with Crippen LogP contribution in [0.1, 0.15) is 11.7 Å². The standard InChI is InChI=1S/C6H6INOS2/c7-5-1-3-4(9)2-8-11-6(3)10-5/h1,4,8-9H,2H2. The first-order valence-electron chi connectivity index (χ1n) is 3.14. The lowest BCUT2D eigenvalue weighted by atomic mass is 10.2. The van der Waals surface area contributed by atoms with Crippen molar-refractivity contribution in [3.63, 3.8) is 0 Å². The van der Waals surface area contributed by atoms with Gasteiger partial charge in [-0.25, -0.2) is 0 Å². The molecule has 5 heteroatoms. The van der Waals surface area contributed by atoms with Crippen LogP contribution in [0.4, 0.5) is 0 Å². The summed E-state index contributed by atoms with van der Waals surface area (Å²) >= 11 is 5.62. The molecule has 11 heavy (non-hydrogen) atoms. The smallest absolute Gasteiger partial charge is 0.0943 e. The fourth-order valence-electron chi connectivity index (χ4n) is 0.966. The van der Waals surface area contributed by atoms with Crippen LogP contribution in [0.25, 0.3) is 0 Å². The van der Waals surface area contributed by atoms with E-state index in [1.807, 2.05) is 0 Å². The van der Waals surface area contributed by atoms with Gasteiger partial charge in [-0.1, -0.05) is 0 Å². The van der Waals surface area contributed by atoms with E-state index >= 15 is 0 Å². The molecule has 0 bridgehead atoms. The van der Waals surface area contributed by atoms with Gasteiger partial charge in [0.25, 0.3) is 0 Å². The molecule has 0 radical (unpaired) electrons. The lowest BCUT2D eigenvalue weighted by Crippen LogP contribution is -2.19. The molecule has 1 aromatic heterocycles. The molecular formula is C6H6INOS2. The number of aliphatic hydroxyl groups excluding tert-OH is 1. The number of hydrogen-bond acceptors (Lipinski definition) is 4. The molecule has 0 amide bonds. The molecule has 2 N–H and O–H groups in total. The van der Waals surface area contributed by atoms with Crippen LogP contribution in [-0.4, -0.2) is 11.7 Å². The third-order valence-electron chi connectivity index (χ3n) is 1.50. The Balaban J connectivity index is 2.43. The average Bonchev–Trinajstić information content (AvgIpc) is 2.31. The molecule has 0 saturated heterocycles. The second-order valence-electron chi connectivity index (χ2n) is 2.26. The summed E-state index contributed by atoms with van der Waals surface area (Å²) in [6.07, 6.45) is -0.314. The zero-order chi connectivity index (χ0) is 7.84. The predicted octanol–water partition coefficient (Wildman–Crippen LogP) is 2.00. The van der Waals surface area contributed by atoms with Gasteiger partial charge in [0, 0.05) is 12.1 Å². The summed E-state index contributed by atoms with van der Waals surface area (Å²) < 4.78 is 5.52. The van der Waals surface area contributed by atoms with Crippen molar-refractivity contribution in [2.45, 2.75) is 10.3 Å². The molecule has 0 aromatic carbocycles. The fraction of sp³-hybridized carbons (Fsp3) is 0.333. The number of fused-ring (bicyclic) bond motifs is 1. The quantitative estimate of drug-likeness (QED) is 0.568. The molecule has 60 valence electrons. The highest BCUT2D eigenvalue weighted by molar-refractivity contribution is 14.1. The van der Waals surface area contributed by atoms with E-state index in [0.717, 1.165) is 5.56 Å². The minimum atomic E-state index is -0.314. The van der Waals surface area contributed by atoms with E-state index in [2.05, 4.69) is 33.4 Å². The van der Waals surface area contributed by atoms with Gasteiger partial charge in [-0.05, 0) is 40.6 Å². The molecule has 2 nitrogen and oxygen atoms in total. The Kier molecular flexibility index (Phi) is 2.43. The van der Waals surface area contributed by atoms with Gasteiger partial charge in [0.15, 0.2) is 0 Å². The summed E-state index contributed by atoms with van der Waals surface area (Å²) in [5, 5.41) is 9.50. The van der Waals surface area contributed by atoms with E-state index in [-0.39, 0.29) is 6.10 Å². The molecule has 1 atom stereocenters. The zero-order valence-corrected chi connectivity index (χ0v) is 9.29. The average molecular weight is 299 g/mol. The van der Waals surface area contributed by atoms with Crippen molar-refractivity contribution >= 4 is 45.9 Å². The number of hydrogen-bond donors (Lipinski definition) is 2. The molecule has 0 fully saturated rings. The van der Waals surface area contributed by atoms with E-state index in [0.29, 0.717) is 6.54 Å². The third-order valence-corrected chi connectivity index (χ3v) is 4.43. The summed E-state index contributed by atoms with van der Waals surface area (Å²) in [6.45, 7) is 0.657. The van der Waals surface area contributed by atoms with Gasteiger partial charge in [0.2, 0.25) is 0 Å². The van der Waals surface area contributed by atoms with Crippen molar-refractivity contribution in [1.29, 1.82) is 0 Å². The van der Waals surface area contributed by atoms with E-state index in [1.165, 1.54) is 7.09 Å². The monoisotopic (exact) mass is 299 g/mol. The summed E-state index contributed by atoms with van der Waals surface area (Å²) in [6, 6.07) is 2.05. The third kappa shape index (κ3) is 1.57. The van der Waals surface area contributed by atoms with Crippen LogP contribution < -0.4 is 4.72 Å². The summed E-state index contributed by atoms with van der Waals surface area (Å²) in [5.41, 5.74) is 1.09. The maximum atomic E-state index is 9.50. The van der Waals surface area contributed by atoms with Gasteiger partial charge in [0.05, 0.1) is 13.2 Å².